The van der Waals surface area contributed by atoms with Crippen molar-refractivity contribution in [2.24, 2.45) is 17.8 Å². The predicted molar refractivity (Wildman–Crippen MR) is 85.0 cm³/mol. The molecule has 1 heterocycles. The molecule has 6 heteroatoms. The zero-order valence-corrected chi connectivity index (χ0v) is 14.4. The predicted octanol–water partition coefficient (Wildman–Crippen LogP) is 2.58. The fraction of sp³-hybridized carbons (Fsp3) is 0.812. The third kappa shape index (κ3) is 3.38. The topological polar surface area (TPSA) is 72.2 Å². The first-order valence-corrected chi connectivity index (χ1v) is 9.91. The van der Waals surface area contributed by atoms with Gasteiger partial charge in [-0.25, -0.2) is 13.1 Å². The minimum absolute atomic E-state index is 0.139. The van der Waals surface area contributed by atoms with Crippen molar-refractivity contribution in [2.45, 2.75) is 58.9 Å². The molecule has 1 aromatic heterocycles. The van der Waals surface area contributed by atoms with Crippen molar-refractivity contribution in [3.63, 3.8) is 0 Å². The van der Waals surface area contributed by atoms with E-state index in [2.05, 4.69) is 9.88 Å². The number of aromatic nitrogens is 1. The number of hydrogen-bond acceptors (Lipinski definition) is 4. The van der Waals surface area contributed by atoms with Crippen LogP contribution in [0.25, 0.3) is 0 Å². The van der Waals surface area contributed by atoms with Crippen molar-refractivity contribution in [1.82, 2.24) is 9.88 Å². The number of hydrogen-bond donors (Lipinski definition) is 1. The molecule has 4 atom stereocenters. The van der Waals surface area contributed by atoms with Crippen molar-refractivity contribution in [2.75, 3.05) is 5.75 Å². The number of aryl methyl sites for hydroxylation is 2. The molecule has 124 valence electrons. The van der Waals surface area contributed by atoms with E-state index in [0.29, 0.717) is 24.0 Å². The molecule has 2 aliphatic rings. The minimum atomic E-state index is -3.22. The normalized spacial score (nSPS) is 29.1. The molecule has 1 aromatic rings. The second-order valence-corrected chi connectivity index (χ2v) is 9.04. The third-order valence-electron chi connectivity index (χ3n) is 5.39. The molecule has 0 spiro atoms. The van der Waals surface area contributed by atoms with Gasteiger partial charge >= 0.3 is 0 Å². The number of fused-ring (bicyclic) bond motifs is 2. The lowest BCUT2D eigenvalue weighted by Crippen LogP contribution is -2.38. The molecule has 2 saturated carbocycles. The van der Waals surface area contributed by atoms with Gasteiger partial charge in [-0.3, -0.25) is 0 Å². The van der Waals surface area contributed by atoms with E-state index in [-0.39, 0.29) is 6.04 Å². The Hall–Kier alpha value is -0.880. The Kier molecular flexibility index (Phi) is 4.34. The number of rotatable bonds is 6. The minimum Gasteiger partial charge on any atom is -0.361 e. The second-order valence-electron chi connectivity index (χ2n) is 7.24. The molecule has 0 aliphatic heterocycles. The highest BCUT2D eigenvalue weighted by Crippen LogP contribution is 2.48. The van der Waals surface area contributed by atoms with Crippen molar-refractivity contribution >= 4 is 10.0 Å². The zero-order chi connectivity index (χ0) is 15.9. The highest BCUT2D eigenvalue weighted by Gasteiger charge is 2.41. The summed E-state index contributed by atoms with van der Waals surface area (Å²) >= 11 is 0. The molecular weight excluding hydrogens is 300 g/mol. The van der Waals surface area contributed by atoms with Crippen LogP contribution in [0.15, 0.2) is 4.52 Å². The maximum Gasteiger partial charge on any atom is 0.212 e. The molecule has 0 radical (unpaired) electrons. The molecule has 1 N–H and O–H groups in total. The van der Waals surface area contributed by atoms with Crippen molar-refractivity contribution < 1.29 is 12.9 Å². The van der Waals surface area contributed by atoms with E-state index in [4.69, 9.17) is 4.52 Å². The molecular formula is C16H26N2O3S. The van der Waals surface area contributed by atoms with Crippen LogP contribution >= 0.6 is 0 Å². The molecule has 5 nitrogen and oxygen atoms in total. The van der Waals surface area contributed by atoms with Gasteiger partial charge in [0.05, 0.1) is 11.4 Å². The lowest BCUT2D eigenvalue weighted by molar-refractivity contribution is 0.359. The summed E-state index contributed by atoms with van der Waals surface area (Å²) in [6, 6.07) is -0.139. The first kappa shape index (κ1) is 16.0. The van der Waals surface area contributed by atoms with Gasteiger partial charge in [0.1, 0.15) is 5.76 Å². The Balaban J connectivity index is 1.57. The van der Waals surface area contributed by atoms with Crippen molar-refractivity contribution in [1.29, 1.82) is 0 Å². The van der Waals surface area contributed by atoms with Crippen LogP contribution in [0.4, 0.5) is 0 Å². The standard InChI is InChI=1S/C16H26N2O3S/c1-10(6-16-11(2)17-21-12(16)3)18-22(19,20)9-15-8-13-4-5-14(15)7-13/h10,13-15,18H,4-9H2,1-3H3. The van der Waals surface area contributed by atoms with Crippen LogP contribution in [0.2, 0.25) is 0 Å². The number of nitrogens with one attached hydrogen (secondary N) is 1. The summed E-state index contributed by atoms with van der Waals surface area (Å²) in [5.74, 6) is 2.85. The van der Waals surface area contributed by atoms with E-state index in [1.54, 1.807) is 0 Å². The largest absolute Gasteiger partial charge is 0.361 e. The monoisotopic (exact) mass is 326 g/mol. The molecule has 4 unspecified atom stereocenters. The summed E-state index contributed by atoms with van der Waals surface area (Å²) in [4.78, 5) is 0. The zero-order valence-electron chi connectivity index (χ0n) is 13.6. The molecule has 2 fully saturated rings. The fourth-order valence-electron chi connectivity index (χ4n) is 4.36. The van der Waals surface area contributed by atoms with Crippen LogP contribution < -0.4 is 4.72 Å². The van der Waals surface area contributed by atoms with E-state index in [1.165, 1.54) is 19.3 Å². The molecule has 3 rings (SSSR count). The van der Waals surface area contributed by atoms with Gasteiger partial charge < -0.3 is 4.52 Å². The van der Waals surface area contributed by atoms with Gasteiger partial charge in [0.25, 0.3) is 0 Å². The summed E-state index contributed by atoms with van der Waals surface area (Å²) < 4.78 is 32.8. The van der Waals surface area contributed by atoms with Crippen LogP contribution in [0, 0.1) is 31.6 Å². The second kappa shape index (κ2) is 5.96. The smallest absolute Gasteiger partial charge is 0.212 e. The molecule has 2 bridgehead atoms. The summed E-state index contributed by atoms with van der Waals surface area (Å²) in [6.07, 6.45) is 5.49. The van der Waals surface area contributed by atoms with E-state index in [9.17, 15) is 8.42 Å². The van der Waals surface area contributed by atoms with Crippen LogP contribution in [-0.2, 0) is 16.4 Å². The molecule has 2 aliphatic carbocycles. The summed E-state index contributed by atoms with van der Waals surface area (Å²) in [5, 5.41) is 3.92. The van der Waals surface area contributed by atoms with Crippen LogP contribution in [0.3, 0.4) is 0 Å². The maximum absolute atomic E-state index is 12.4. The lowest BCUT2D eigenvalue weighted by atomic mass is 9.90. The van der Waals surface area contributed by atoms with E-state index in [0.717, 1.165) is 29.4 Å². The van der Waals surface area contributed by atoms with Gasteiger partial charge in [-0.1, -0.05) is 11.6 Å². The molecule has 0 amide bonds. The molecule has 0 saturated heterocycles. The third-order valence-corrected chi connectivity index (χ3v) is 7.02. The van der Waals surface area contributed by atoms with Gasteiger partial charge in [0.15, 0.2) is 0 Å². The Morgan fingerprint density at radius 3 is 2.64 bits per heavy atom. The highest BCUT2D eigenvalue weighted by atomic mass is 32.2. The van der Waals surface area contributed by atoms with Crippen LogP contribution in [0.5, 0.6) is 0 Å². The first-order valence-electron chi connectivity index (χ1n) is 8.26. The van der Waals surface area contributed by atoms with E-state index < -0.39 is 10.0 Å². The average molecular weight is 326 g/mol. The summed E-state index contributed by atoms with van der Waals surface area (Å²) in [5.41, 5.74) is 1.85. The van der Waals surface area contributed by atoms with Gasteiger partial charge in [-0.15, -0.1) is 0 Å². The Morgan fingerprint density at radius 1 is 1.32 bits per heavy atom. The maximum atomic E-state index is 12.4. The van der Waals surface area contributed by atoms with Gasteiger partial charge in [-0.2, -0.15) is 0 Å². The van der Waals surface area contributed by atoms with Crippen LogP contribution in [-0.4, -0.2) is 25.4 Å². The fourth-order valence-corrected chi connectivity index (χ4v) is 6.12. The van der Waals surface area contributed by atoms with Crippen LogP contribution in [0.1, 0.15) is 49.6 Å². The average Bonchev–Trinajstić information content (AvgIpc) is 3.09. The SMILES string of the molecule is Cc1noc(C)c1CC(C)NS(=O)(=O)CC1CC2CCC1C2. The Labute approximate surface area is 132 Å². The van der Waals surface area contributed by atoms with Gasteiger partial charge in [0.2, 0.25) is 10.0 Å². The van der Waals surface area contributed by atoms with E-state index in [1.807, 2.05) is 20.8 Å². The Morgan fingerprint density at radius 2 is 2.09 bits per heavy atom. The number of nitrogens with zero attached hydrogens (tertiary/aromatic N) is 1. The summed E-state index contributed by atoms with van der Waals surface area (Å²) in [6.45, 7) is 5.67. The van der Waals surface area contributed by atoms with Crippen molar-refractivity contribution in [3.8, 4) is 0 Å². The van der Waals surface area contributed by atoms with E-state index >= 15 is 0 Å². The summed E-state index contributed by atoms with van der Waals surface area (Å²) in [7, 11) is -3.22. The highest BCUT2D eigenvalue weighted by molar-refractivity contribution is 7.89. The lowest BCUT2D eigenvalue weighted by Gasteiger charge is -2.22. The van der Waals surface area contributed by atoms with Gasteiger partial charge in [-0.05, 0) is 64.2 Å². The Bertz CT molecular complexity index is 618. The number of sulfonamides is 1. The molecule has 22 heavy (non-hydrogen) atoms. The van der Waals surface area contributed by atoms with Gasteiger partial charge in [0, 0.05) is 11.6 Å². The quantitative estimate of drug-likeness (QED) is 0.872. The first-order chi connectivity index (χ1) is 10.3. The molecule has 0 aromatic carbocycles. The van der Waals surface area contributed by atoms with Crippen molar-refractivity contribution in [3.05, 3.63) is 17.0 Å².